The van der Waals surface area contributed by atoms with Gasteiger partial charge < -0.3 is 30.1 Å². The zero-order valence-electron chi connectivity index (χ0n) is 13.5. The maximum absolute atomic E-state index is 6.17. The molecule has 0 aromatic rings. The second-order valence-corrected chi connectivity index (χ2v) is 7.51. The van der Waals surface area contributed by atoms with Gasteiger partial charge in [0, 0.05) is 44.5 Å². The van der Waals surface area contributed by atoms with Crippen molar-refractivity contribution in [2.24, 2.45) is 11.5 Å². The van der Waals surface area contributed by atoms with Gasteiger partial charge in [0.05, 0.1) is 0 Å². The summed E-state index contributed by atoms with van der Waals surface area (Å²) in [6.07, 6.45) is 0.865. The lowest BCUT2D eigenvalue weighted by Gasteiger charge is -2.37. The predicted molar refractivity (Wildman–Crippen MR) is 84.6 cm³/mol. The van der Waals surface area contributed by atoms with Gasteiger partial charge in [-0.3, -0.25) is 0 Å². The van der Waals surface area contributed by atoms with Crippen LogP contribution >= 0.6 is 0 Å². The van der Waals surface area contributed by atoms with Crippen LogP contribution in [0.1, 0.15) is 34.1 Å². The van der Waals surface area contributed by atoms with Gasteiger partial charge in [-0.05, 0) is 40.7 Å². The van der Waals surface area contributed by atoms with E-state index in [1.54, 1.807) is 0 Å². The molecule has 6 nitrogen and oxygen atoms in total. The Hall–Kier alpha value is -0.0231. The smallest absolute Gasteiger partial charge is 0.374 e. The quantitative estimate of drug-likeness (QED) is 0.342. The fourth-order valence-electron chi connectivity index (χ4n) is 2.30. The molecule has 0 aromatic carbocycles. The van der Waals surface area contributed by atoms with Crippen molar-refractivity contribution in [2.45, 2.75) is 45.7 Å². The van der Waals surface area contributed by atoms with E-state index in [1.165, 1.54) is 0 Å². The average Bonchev–Trinajstić information content (AvgIpc) is 2.39. The van der Waals surface area contributed by atoms with Gasteiger partial charge in [0.1, 0.15) is 0 Å². The van der Waals surface area contributed by atoms with Gasteiger partial charge in [-0.2, -0.15) is 0 Å². The van der Waals surface area contributed by atoms with E-state index in [1.807, 2.05) is 27.7 Å². The molecule has 2 unspecified atom stereocenters. The van der Waals surface area contributed by atoms with Crippen molar-refractivity contribution in [1.82, 2.24) is 5.32 Å². The highest BCUT2D eigenvalue weighted by Gasteiger charge is 2.50. The number of nitrogens with two attached hydrogens (primary N) is 2. The van der Waals surface area contributed by atoms with Crippen molar-refractivity contribution in [3.63, 3.8) is 0 Å². The van der Waals surface area contributed by atoms with E-state index in [-0.39, 0.29) is 11.6 Å². The summed E-state index contributed by atoms with van der Waals surface area (Å²) in [7, 11) is -2.74. The first-order chi connectivity index (χ1) is 9.57. The lowest BCUT2D eigenvalue weighted by Crippen LogP contribution is -2.55. The molecule has 0 heterocycles. The monoisotopic (exact) mass is 307 g/mol. The van der Waals surface area contributed by atoms with Gasteiger partial charge in [0.25, 0.3) is 0 Å². The Morgan fingerprint density at radius 2 is 1.50 bits per heavy atom. The summed E-state index contributed by atoms with van der Waals surface area (Å²) in [5, 5.41) is 3.29. The number of hydrogen-bond acceptors (Lipinski definition) is 6. The Labute approximate surface area is 124 Å². The predicted octanol–water partition coefficient (Wildman–Crippen LogP) is 0.691. The van der Waals surface area contributed by atoms with Gasteiger partial charge >= 0.3 is 8.80 Å². The van der Waals surface area contributed by atoms with Crippen LogP contribution in [0.5, 0.6) is 0 Å². The van der Waals surface area contributed by atoms with Crippen LogP contribution in [-0.2, 0) is 13.3 Å². The van der Waals surface area contributed by atoms with Crippen LogP contribution in [-0.4, -0.2) is 54.3 Å². The van der Waals surface area contributed by atoms with Gasteiger partial charge in [-0.1, -0.05) is 0 Å². The zero-order chi connectivity index (χ0) is 15.4. The molecule has 0 aliphatic rings. The topological polar surface area (TPSA) is 91.8 Å². The molecule has 0 saturated heterocycles. The lowest BCUT2D eigenvalue weighted by atomic mass is 10.2. The van der Waals surface area contributed by atoms with Crippen molar-refractivity contribution in [2.75, 3.05) is 39.5 Å². The van der Waals surface area contributed by atoms with E-state index in [2.05, 4.69) is 5.32 Å². The summed E-state index contributed by atoms with van der Waals surface area (Å²) in [6.45, 7) is 11.9. The maximum Gasteiger partial charge on any atom is 0.505 e. The lowest BCUT2D eigenvalue weighted by molar-refractivity contribution is 0.0573. The Kier molecular flexibility index (Phi) is 11.6. The minimum Gasteiger partial charge on any atom is -0.374 e. The Morgan fingerprint density at radius 1 is 1.00 bits per heavy atom. The van der Waals surface area contributed by atoms with E-state index in [0.29, 0.717) is 26.4 Å². The van der Waals surface area contributed by atoms with Crippen molar-refractivity contribution in [3.8, 4) is 0 Å². The molecule has 0 bridgehead atoms. The Balaban J connectivity index is 4.87. The summed E-state index contributed by atoms with van der Waals surface area (Å²) in [5.74, 6) is 0. The normalized spacial score (nSPS) is 15.3. The zero-order valence-corrected chi connectivity index (χ0v) is 14.5. The van der Waals surface area contributed by atoms with Crippen LogP contribution in [0.3, 0.4) is 0 Å². The highest BCUT2D eigenvalue weighted by atomic mass is 28.4. The third-order valence-electron chi connectivity index (χ3n) is 3.08. The molecule has 0 amide bonds. The average molecular weight is 308 g/mol. The van der Waals surface area contributed by atoms with E-state index in [4.69, 9.17) is 24.7 Å². The summed E-state index contributed by atoms with van der Waals surface area (Å²) >= 11 is 0. The molecule has 0 spiro atoms. The van der Waals surface area contributed by atoms with Crippen LogP contribution in [0.25, 0.3) is 0 Å². The summed E-state index contributed by atoms with van der Waals surface area (Å²) in [4.78, 5) is 0. The van der Waals surface area contributed by atoms with Crippen molar-refractivity contribution in [3.05, 3.63) is 0 Å². The minimum atomic E-state index is -2.74. The van der Waals surface area contributed by atoms with Crippen LogP contribution < -0.4 is 16.8 Å². The van der Waals surface area contributed by atoms with Gasteiger partial charge in [0.2, 0.25) is 0 Å². The molecule has 0 radical (unpaired) electrons. The van der Waals surface area contributed by atoms with Crippen molar-refractivity contribution in [1.29, 1.82) is 0 Å². The van der Waals surface area contributed by atoms with Crippen LogP contribution in [0.2, 0.25) is 5.54 Å². The molecular weight excluding hydrogens is 274 g/mol. The summed E-state index contributed by atoms with van der Waals surface area (Å²) in [6, 6.07) is -0.0361. The first-order valence-corrected chi connectivity index (χ1v) is 9.46. The second kappa shape index (κ2) is 11.6. The molecule has 20 heavy (non-hydrogen) atoms. The summed E-state index contributed by atoms with van der Waals surface area (Å²) in [5.41, 5.74) is 11.7. The molecule has 5 N–H and O–H groups in total. The molecule has 0 aliphatic heterocycles. The van der Waals surface area contributed by atoms with E-state index >= 15 is 0 Å². The molecular formula is C13H33N3O3Si. The fraction of sp³-hybridized carbons (Fsp3) is 1.00. The van der Waals surface area contributed by atoms with E-state index < -0.39 is 8.80 Å². The minimum absolute atomic E-state index is 0.0361. The van der Waals surface area contributed by atoms with E-state index in [0.717, 1.165) is 19.5 Å². The van der Waals surface area contributed by atoms with Crippen LogP contribution in [0.15, 0.2) is 0 Å². The first-order valence-electron chi connectivity index (χ1n) is 7.66. The van der Waals surface area contributed by atoms with Crippen LogP contribution in [0, 0.1) is 0 Å². The molecule has 0 rings (SSSR count). The van der Waals surface area contributed by atoms with Gasteiger partial charge in [0.15, 0.2) is 0 Å². The second-order valence-electron chi connectivity index (χ2n) is 4.70. The van der Waals surface area contributed by atoms with Gasteiger partial charge in [-0.15, -0.1) is 0 Å². The molecule has 0 saturated carbocycles. The van der Waals surface area contributed by atoms with Gasteiger partial charge in [-0.25, -0.2) is 0 Å². The standard InChI is InChI=1S/C13H33N3O3Si/c1-5-17-20(18-6-2,19-7-3)13(12(4)15)8-10-16-11-9-14/h12-13,16H,5-11,14-15H2,1-4H3. The van der Waals surface area contributed by atoms with Crippen molar-refractivity contribution < 1.29 is 13.3 Å². The molecule has 2 atom stereocenters. The molecule has 7 heteroatoms. The first kappa shape index (κ1) is 20.0. The molecule has 0 fully saturated rings. The highest BCUT2D eigenvalue weighted by molar-refractivity contribution is 6.62. The molecule has 0 aromatic heterocycles. The third kappa shape index (κ3) is 6.62. The largest absolute Gasteiger partial charge is 0.505 e. The number of rotatable bonds is 13. The SMILES string of the molecule is CCO[Si](OCC)(OCC)C(CCNCCN)C(C)N. The van der Waals surface area contributed by atoms with Crippen molar-refractivity contribution >= 4 is 8.80 Å². The number of hydrogen-bond donors (Lipinski definition) is 3. The third-order valence-corrected chi connectivity index (χ3v) is 6.87. The maximum atomic E-state index is 6.17. The Bertz CT molecular complexity index is 216. The molecule has 0 aliphatic carbocycles. The summed E-state index contributed by atoms with van der Waals surface area (Å²) < 4.78 is 17.9. The molecule has 122 valence electrons. The number of nitrogens with one attached hydrogen (secondary N) is 1. The van der Waals surface area contributed by atoms with E-state index in [9.17, 15) is 0 Å². The highest BCUT2D eigenvalue weighted by Crippen LogP contribution is 2.31. The van der Waals surface area contributed by atoms with Crippen LogP contribution in [0.4, 0.5) is 0 Å². The fourth-order valence-corrected chi connectivity index (χ4v) is 5.54. The Morgan fingerprint density at radius 3 is 1.85 bits per heavy atom.